The minimum absolute atomic E-state index is 0.215. The molecule has 4 aromatic rings. The molecule has 3 N–H and O–H groups in total. The van der Waals surface area contributed by atoms with E-state index in [9.17, 15) is 4.79 Å². The van der Waals surface area contributed by atoms with Crippen LogP contribution in [0.5, 0.6) is 0 Å². The van der Waals surface area contributed by atoms with Crippen LogP contribution >= 0.6 is 0 Å². The summed E-state index contributed by atoms with van der Waals surface area (Å²) in [5.74, 6) is 0.512. The van der Waals surface area contributed by atoms with Gasteiger partial charge in [-0.2, -0.15) is 0 Å². The molecule has 0 atom stereocenters. The summed E-state index contributed by atoms with van der Waals surface area (Å²) in [6.07, 6.45) is 0. The molecular formula is C22H23N5O. The summed E-state index contributed by atoms with van der Waals surface area (Å²) in [6, 6.07) is 17.6. The molecule has 0 fully saturated rings. The van der Waals surface area contributed by atoms with Crippen molar-refractivity contribution in [3.05, 3.63) is 65.7 Å². The van der Waals surface area contributed by atoms with Crippen LogP contribution in [-0.2, 0) is 6.54 Å². The number of para-hydroxylation sites is 2. The van der Waals surface area contributed by atoms with E-state index in [0.29, 0.717) is 41.6 Å². The predicted octanol–water partition coefficient (Wildman–Crippen LogP) is 3.60. The SMILES string of the molecule is CC(C)CNC(=O)c1c(N)n(Cc2ccccc2)c2nc3ccccc3nc12. The molecule has 0 radical (unpaired) electrons. The number of carbonyl (C=O) groups excluding carboxylic acids is 1. The second-order valence-electron chi connectivity index (χ2n) is 7.32. The van der Waals surface area contributed by atoms with Gasteiger partial charge < -0.3 is 15.6 Å². The van der Waals surface area contributed by atoms with E-state index in [4.69, 9.17) is 15.7 Å². The molecule has 28 heavy (non-hydrogen) atoms. The Hall–Kier alpha value is -3.41. The fourth-order valence-electron chi connectivity index (χ4n) is 3.25. The van der Waals surface area contributed by atoms with Crippen LogP contribution in [0.1, 0.15) is 29.8 Å². The molecule has 0 spiro atoms. The third-order valence-corrected chi connectivity index (χ3v) is 4.67. The summed E-state index contributed by atoms with van der Waals surface area (Å²) in [5, 5.41) is 2.96. The number of nitrogens with zero attached hydrogens (tertiary/aromatic N) is 3. The van der Waals surface area contributed by atoms with Crippen LogP contribution < -0.4 is 11.1 Å². The first-order valence-electron chi connectivity index (χ1n) is 9.41. The normalized spacial score (nSPS) is 11.4. The maximum absolute atomic E-state index is 12.9. The zero-order chi connectivity index (χ0) is 19.7. The molecule has 6 nitrogen and oxygen atoms in total. The molecule has 0 aliphatic heterocycles. The lowest BCUT2D eigenvalue weighted by Gasteiger charge is -2.09. The van der Waals surface area contributed by atoms with E-state index in [-0.39, 0.29) is 5.91 Å². The van der Waals surface area contributed by atoms with Crippen molar-refractivity contribution in [1.82, 2.24) is 19.9 Å². The van der Waals surface area contributed by atoms with Crippen molar-refractivity contribution in [2.75, 3.05) is 12.3 Å². The van der Waals surface area contributed by atoms with Gasteiger partial charge >= 0.3 is 0 Å². The molecule has 142 valence electrons. The molecule has 0 aliphatic carbocycles. The topological polar surface area (TPSA) is 85.8 Å². The van der Waals surface area contributed by atoms with Gasteiger partial charge in [-0.05, 0) is 23.6 Å². The van der Waals surface area contributed by atoms with Crippen LogP contribution in [0, 0.1) is 5.92 Å². The number of nitrogen functional groups attached to an aromatic ring is 1. The summed E-state index contributed by atoms with van der Waals surface area (Å²) in [6.45, 7) is 5.20. The standard InChI is InChI=1S/C22H23N5O/c1-14(2)12-24-22(28)18-19-21(26-17-11-7-6-10-16(17)25-19)27(20(18)23)13-15-8-4-3-5-9-15/h3-11,14H,12-13,23H2,1-2H3,(H,24,28). The van der Waals surface area contributed by atoms with Gasteiger partial charge in [-0.15, -0.1) is 0 Å². The van der Waals surface area contributed by atoms with E-state index in [2.05, 4.69) is 19.2 Å². The molecule has 2 heterocycles. The lowest BCUT2D eigenvalue weighted by Crippen LogP contribution is -2.28. The van der Waals surface area contributed by atoms with E-state index in [1.165, 1.54) is 0 Å². The number of anilines is 1. The van der Waals surface area contributed by atoms with Crippen molar-refractivity contribution in [3.63, 3.8) is 0 Å². The van der Waals surface area contributed by atoms with Crippen molar-refractivity contribution in [3.8, 4) is 0 Å². The highest BCUT2D eigenvalue weighted by atomic mass is 16.1. The third kappa shape index (κ3) is 3.29. The Balaban J connectivity index is 1.90. The van der Waals surface area contributed by atoms with E-state index in [1.807, 2.05) is 59.2 Å². The molecule has 2 aromatic heterocycles. The third-order valence-electron chi connectivity index (χ3n) is 4.67. The van der Waals surface area contributed by atoms with E-state index < -0.39 is 0 Å². The molecule has 0 unspecified atom stereocenters. The first kappa shape index (κ1) is 18.0. The lowest BCUT2D eigenvalue weighted by atomic mass is 10.2. The fraction of sp³-hybridized carbons (Fsp3) is 0.227. The predicted molar refractivity (Wildman–Crippen MR) is 112 cm³/mol. The van der Waals surface area contributed by atoms with Gasteiger partial charge in [0.1, 0.15) is 16.9 Å². The minimum Gasteiger partial charge on any atom is -0.384 e. The van der Waals surface area contributed by atoms with Crippen molar-refractivity contribution in [2.24, 2.45) is 5.92 Å². The Labute approximate surface area is 163 Å². The number of rotatable bonds is 5. The number of nitrogens with one attached hydrogen (secondary N) is 1. The smallest absolute Gasteiger partial charge is 0.257 e. The Kier molecular flexibility index (Phi) is 4.69. The van der Waals surface area contributed by atoms with Crippen molar-refractivity contribution < 1.29 is 4.79 Å². The average molecular weight is 373 g/mol. The van der Waals surface area contributed by atoms with E-state index >= 15 is 0 Å². The minimum atomic E-state index is -0.215. The fourth-order valence-corrected chi connectivity index (χ4v) is 3.25. The number of aromatic nitrogens is 3. The molecule has 0 bridgehead atoms. The number of fused-ring (bicyclic) bond motifs is 2. The van der Waals surface area contributed by atoms with Gasteiger partial charge in [-0.25, -0.2) is 9.97 Å². The first-order valence-corrected chi connectivity index (χ1v) is 9.41. The summed E-state index contributed by atoms with van der Waals surface area (Å²) in [4.78, 5) is 22.4. The molecule has 6 heteroatoms. The Morgan fingerprint density at radius 3 is 2.36 bits per heavy atom. The Bertz CT molecular complexity index is 1150. The largest absolute Gasteiger partial charge is 0.384 e. The van der Waals surface area contributed by atoms with Gasteiger partial charge in [0.05, 0.1) is 17.6 Å². The second kappa shape index (κ2) is 7.31. The van der Waals surface area contributed by atoms with Crippen molar-refractivity contribution in [2.45, 2.75) is 20.4 Å². The van der Waals surface area contributed by atoms with Crippen molar-refractivity contribution in [1.29, 1.82) is 0 Å². The number of amides is 1. The Morgan fingerprint density at radius 2 is 1.68 bits per heavy atom. The lowest BCUT2D eigenvalue weighted by molar-refractivity contribution is 0.0951. The number of nitrogens with two attached hydrogens (primary N) is 1. The van der Waals surface area contributed by atoms with Crippen LogP contribution in [0.15, 0.2) is 54.6 Å². The summed E-state index contributed by atoms with van der Waals surface area (Å²) in [5.41, 5.74) is 10.6. The highest BCUT2D eigenvalue weighted by Gasteiger charge is 2.24. The van der Waals surface area contributed by atoms with Gasteiger partial charge in [0.15, 0.2) is 5.65 Å². The van der Waals surface area contributed by atoms with E-state index in [1.54, 1.807) is 0 Å². The van der Waals surface area contributed by atoms with Gasteiger partial charge in [0, 0.05) is 6.54 Å². The zero-order valence-electron chi connectivity index (χ0n) is 16.0. The van der Waals surface area contributed by atoms with Gasteiger partial charge in [-0.3, -0.25) is 4.79 Å². The van der Waals surface area contributed by atoms with Crippen LogP contribution in [0.3, 0.4) is 0 Å². The number of carbonyl (C=O) groups is 1. The second-order valence-corrected chi connectivity index (χ2v) is 7.32. The number of hydrogen-bond donors (Lipinski definition) is 2. The van der Waals surface area contributed by atoms with Crippen LogP contribution in [-0.4, -0.2) is 27.0 Å². The molecule has 0 aliphatic rings. The highest BCUT2D eigenvalue weighted by molar-refractivity contribution is 6.10. The van der Waals surface area contributed by atoms with Gasteiger partial charge in [0.2, 0.25) is 0 Å². The number of benzene rings is 2. The van der Waals surface area contributed by atoms with Gasteiger partial charge in [-0.1, -0.05) is 56.3 Å². The number of hydrogen-bond acceptors (Lipinski definition) is 4. The Morgan fingerprint density at radius 1 is 1.04 bits per heavy atom. The molecule has 0 saturated carbocycles. The molecule has 0 saturated heterocycles. The zero-order valence-corrected chi connectivity index (χ0v) is 16.0. The van der Waals surface area contributed by atoms with Crippen LogP contribution in [0.25, 0.3) is 22.2 Å². The summed E-state index contributed by atoms with van der Waals surface area (Å²) < 4.78 is 1.87. The molecular weight excluding hydrogens is 350 g/mol. The highest BCUT2D eigenvalue weighted by Crippen LogP contribution is 2.28. The molecule has 1 amide bonds. The maximum atomic E-state index is 12.9. The van der Waals surface area contributed by atoms with Gasteiger partial charge in [0.25, 0.3) is 5.91 Å². The molecule has 4 rings (SSSR count). The van der Waals surface area contributed by atoms with E-state index in [0.717, 1.165) is 16.6 Å². The first-order chi connectivity index (χ1) is 13.5. The molecule has 2 aromatic carbocycles. The monoisotopic (exact) mass is 373 g/mol. The van der Waals surface area contributed by atoms with Crippen LogP contribution in [0.2, 0.25) is 0 Å². The maximum Gasteiger partial charge on any atom is 0.257 e. The average Bonchev–Trinajstić information content (AvgIpc) is 2.96. The summed E-state index contributed by atoms with van der Waals surface area (Å²) >= 11 is 0. The summed E-state index contributed by atoms with van der Waals surface area (Å²) in [7, 11) is 0. The quantitative estimate of drug-likeness (QED) is 0.560. The van der Waals surface area contributed by atoms with Crippen LogP contribution in [0.4, 0.5) is 5.82 Å². The van der Waals surface area contributed by atoms with Crippen molar-refractivity contribution >= 4 is 33.9 Å².